The first-order valence-corrected chi connectivity index (χ1v) is 6.48. The van der Waals surface area contributed by atoms with E-state index in [4.69, 9.17) is 5.11 Å². The Bertz CT molecular complexity index is 554. The van der Waals surface area contributed by atoms with Gasteiger partial charge in [-0.2, -0.15) is 13.2 Å². The summed E-state index contributed by atoms with van der Waals surface area (Å²) in [6.45, 7) is 0. The Hall–Kier alpha value is -2.05. The molecule has 1 aromatic carbocycles. The van der Waals surface area contributed by atoms with Gasteiger partial charge < -0.3 is 10.4 Å². The second kappa shape index (κ2) is 5.38. The Morgan fingerprint density at radius 2 is 1.81 bits per heavy atom. The summed E-state index contributed by atoms with van der Waals surface area (Å²) in [4.78, 5) is 23.2. The van der Waals surface area contributed by atoms with E-state index in [9.17, 15) is 22.8 Å². The molecule has 21 heavy (non-hydrogen) atoms. The van der Waals surface area contributed by atoms with Crippen molar-refractivity contribution in [3.05, 3.63) is 35.4 Å². The van der Waals surface area contributed by atoms with Crippen LogP contribution in [0.2, 0.25) is 0 Å². The lowest BCUT2D eigenvalue weighted by Crippen LogP contribution is -2.52. The molecular weight excluding hydrogens is 287 g/mol. The number of hydrogen-bond donors (Lipinski definition) is 2. The molecule has 0 radical (unpaired) electrons. The summed E-state index contributed by atoms with van der Waals surface area (Å²) < 4.78 is 37.7. The Kier molecular flexibility index (Phi) is 3.93. The van der Waals surface area contributed by atoms with Crippen molar-refractivity contribution in [2.75, 3.05) is 0 Å². The Morgan fingerprint density at radius 1 is 1.19 bits per heavy atom. The monoisotopic (exact) mass is 301 g/mol. The first-order valence-electron chi connectivity index (χ1n) is 6.48. The van der Waals surface area contributed by atoms with Crippen LogP contribution in [0.4, 0.5) is 18.0 Å². The number of halogens is 3. The number of rotatable bonds is 2. The second-order valence-electron chi connectivity index (χ2n) is 5.04. The molecule has 2 rings (SSSR count). The van der Waals surface area contributed by atoms with Crippen LogP contribution in [0.1, 0.15) is 36.8 Å². The number of carbonyl (C=O) groups excluding carboxylic acids is 1. The van der Waals surface area contributed by atoms with E-state index in [1.807, 2.05) is 0 Å². The summed E-state index contributed by atoms with van der Waals surface area (Å²) in [5.41, 5.74) is -2.02. The standard InChI is InChI=1S/C14H14F3NO3/c15-14(16,17)10-6-4-9(5-7-10)13(18-12(20)21)8-2-1-3-11(13)19/h4-7,18H,1-3,8H2,(H,20,21)/t13-/m1/s1. The fourth-order valence-corrected chi connectivity index (χ4v) is 2.66. The highest BCUT2D eigenvalue weighted by Gasteiger charge is 2.43. The van der Waals surface area contributed by atoms with Crippen LogP contribution >= 0.6 is 0 Å². The summed E-state index contributed by atoms with van der Waals surface area (Å²) in [5.74, 6) is -0.309. The SMILES string of the molecule is O=C(O)N[C@@]1(c2ccc(C(F)(F)F)cc2)CCCCC1=O. The Balaban J connectivity index is 2.42. The molecule has 0 saturated heterocycles. The summed E-state index contributed by atoms with van der Waals surface area (Å²) in [5, 5.41) is 11.2. The van der Waals surface area contributed by atoms with Crippen LogP contribution in [0.15, 0.2) is 24.3 Å². The van der Waals surface area contributed by atoms with Crippen LogP contribution in [0.3, 0.4) is 0 Å². The maximum Gasteiger partial charge on any atom is 0.416 e. The van der Waals surface area contributed by atoms with E-state index in [1.165, 1.54) is 12.1 Å². The number of carbonyl (C=O) groups is 2. The molecule has 0 spiro atoms. The van der Waals surface area contributed by atoms with Crippen LogP contribution in [0.25, 0.3) is 0 Å². The van der Waals surface area contributed by atoms with E-state index < -0.39 is 23.4 Å². The molecule has 1 aliphatic carbocycles. The first kappa shape index (κ1) is 15.3. The van der Waals surface area contributed by atoms with Crippen LogP contribution < -0.4 is 5.32 Å². The minimum Gasteiger partial charge on any atom is -0.465 e. The number of amides is 1. The molecule has 1 saturated carbocycles. The van der Waals surface area contributed by atoms with Crippen LogP contribution in [0, 0.1) is 0 Å². The Morgan fingerprint density at radius 3 is 2.29 bits per heavy atom. The zero-order chi connectivity index (χ0) is 15.7. The molecule has 0 bridgehead atoms. The predicted octanol–water partition coefficient (Wildman–Crippen LogP) is 3.31. The largest absolute Gasteiger partial charge is 0.465 e. The van der Waals surface area contributed by atoms with Gasteiger partial charge in [0.2, 0.25) is 0 Å². The van der Waals surface area contributed by atoms with E-state index in [2.05, 4.69) is 5.32 Å². The van der Waals surface area contributed by atoms with E-state index in [-0.39, 0.29) is 24.2 Å². The van der Waals surface area contributed by atoms with Gasteiger partial charge in [0, 0.05) is 6.42 Å². The molecule has 1 aromatic rings. The van der Waals surface area contributed by atoms with E-state index in [0.717, 1.165) is 12.1 Å². The number of nitrogens with one attached hydrogen (secondary N) is 1. The molecule has 1 amide bonds. The van der Waals surface area contributed by atoms with Crippen molar-refractivity contribution in [2.24, 2.45) is 0 Å². The first-order chi connectivity index (χ1) is 9.75. The van der Waals surface area contributed by atoms with E-state index >= 15 is 0 Å². The summed E-state index contributed by atoms with van der Waals surface area (Å²) in [6.07, 6.45) is -4.09. The van der Waals surface area contributed by atoms with Crippen LogP contribution in [-0.2, 0) is 16.5 Å². The highest BCUT2D eigenvalue weighted by molar-refractivity contribution is 5.93. The maximum absolute atomic E-state index is 12.6. The number of hydrogen-bond acceptors (Lipinski definition) is 2. The van der Waals surface area contributed by atoms with Crippen molar-refractivity contribution >= 4 is 11.9 Å². The van der Waals surface area contributed by atoms with Crippen molar-refractivity contribution in [3.8, 4) is 0 Å². The van der Waals surface area contributed by atoms with Gasteiger partial charge in [-0.25, -0.2) is 4.79 Å². The molecule has 114 valence electrons. The fraction of sp³-hybridized carbons (Fsp3) is 0.429. The molecule has 1 fully saturated rings. The minimum absolute atomic E-state index is 0.210. The molecule has 0 unspecified atom stereocenters. The highest BCUT2D eigenvalue weighted by atomic mass is 19.4. The minimum atomic E-state index is -4.47. The number of alkyl halides is 3. The van der Waals surface area contributed by atoms with Gasteiger partial charge in [0.25, 0.3) is 0 Å². The average Bonchev–Trinajstić information content (AvgIpc) is 2.40. The lowest BCUT2D eigenvalue weighted by atomic mass is 9.75. The molecular formula is C14H14F3NO3. The van der Waals surface area contributed by atoms with Crippen LogP contribution in [0.5, 0.6) is 0 Å². The third-order valence-electron chi connectivity index (χ3n) is 3.71. The van der Waals surface area contributed by atoms with Gasteiger partial charge in [-0.15, -0.1) is 0 Å². The predicted molar refractivity (Wildman–Crippen MR) is 67.8 cm³/mol. The molecule has 0 heterocycles. The third kappa shape index (κ3) is 3.01. The van der Waals surface area contributed by atoms with Gasteiger partial charge in [0.05, 0.1) is 5.56 Å². The second-order valence-corrected chi connectivity index (χ2v) is 5.04. The molecule has 7 heteroatoms. The van der Waals surface area contributed by atoms with Gasteiger partial charge >= 0.3 is 12.3 Å². The number of ketones is 1. The van der Waals surface area contributed by atoms with Crippen molar-refractivity contribution in [2.45, 2.75) is 37.4 Å². The fourth-order valence-electron chi connectivity index (χ4n) is 2.66. The molecule has 0 aliphatic heterocycles. The lowest BCUT2D eigenvalue weighted by Gasteiger charge is -2.36. The summed E-state index contributed by atoms with van der Waals surface area (Å²) in [7, 11) is 0. The zero-order valence-electron chi connectivity index (χ0n) is 11.0. The van der Waals surface area contributed by atoms with Crippen molar-refractivity contribution in [1.29, 1.82) is 0 Å². The van der Waals surface area contributed by atoms with Gasteiger partial charge in [-0.3, -0.25) is 4.79 Å². The molecule has 4 nitrogen and oxygen atoms in total. The van der Waals surface area contributed by atoms with Crippen molar-refractivity contribution in [1.82, 2.24) is 5.32 Å². The third-order valence-corrected chi connectivity index (χ3v) is 3.71. The summed E-state index contributed by atoms with van der Waals surface area (Å²) >= 11 is 0. The van der Waals surface area contributed by atoms with Gasteiger partial charge in [-0.05, 0) is 37.0 Å². The number of benzene rings is 1. The molecule has 0 aromatic heterocycles. The average molecular weight is 301 g/mol. The lowest BCUT2D eigenvalue weighted by molar-refractivity contribution is -0.137. The molecule has 2 N–H and O–H groups in total. The quantitative estimate of drug-likeness (QED) is 0.880. The van der Waals surface area contributed by atoms with Crippen LogP contribution in [-0.4, -0.2) is 17.0 Å². The van der Waals surface area contributed by atoms with Crippen molar-refractivity contribution < 1.29 is 27.9 Å². The summed E-state index contributed by atoms with van der Waals surface area (Å²) in [6, 6.07) is 4.06. The highest BCUT2D eigenvalue weighted by Crippen LogP contribution is 2.36. The molecule has 1 aliphatic rings. The maximum atomic E-state index is 12.6. The van der Waals surface area contributed by atoms with Gasteiger partial charge in [-0.1, -0.05) is 12.1 Å². The normalized spacial score (nSPS) is 22.9. The number of carboxylic acid groups (broad SMARTS) is 1. The Labute approximate surface area is 119 Å². The molecule has 1 atom stereocenters. The zero-order valence-corrected chi connectivity index (χ0v) is 11.0. The van der Waals surface area contributed by atoms with E-state index in [1.54, 1.807) is 0 Å². The van der Waals surface area contributed by atoms with E-state index in [0.29, 0.717) is 12.8 Å². The van der Waals surface area contributed by atoms with Gasteiger partial charge in [0.15, 0.2) is 5.78 Å². The number of Topliss-reactive ketones (excluding diaryl/α,β-unsaturated/α-hetero) is 1. The van der Waals surface area contributed by atoms with Crippen molar-refractivity contribution in [3.63, 3.8) is 0 Å². The van der Waals surface area contributed by atoms with Gasteiger partial charge in [0.1, 0.15) is 5.54 Å². The topological polar surface area (TPSA) is 66.4 Å². The smallest absolute Gasteiger partial charge is 0.416 e.